The molecule has 1 fully saturated rings. The van der Waals surface area contributed by atoms with E-state index < -0.39 is 17.9 Å². The Balaban J connectivity index is 2.65. The number of amides is 1. The van der Waals surface area contributed by atoms with E-state index in [2.05, 4.69) is 0 Å². The lowest BCUT2D eigenvalue weighted by Crippen LogP contribution is -2.41. The van der Waals surface area contributed by atoms with Gasteiger partial charge in [-0.05, 0) is 20.8 Å². The maximum atomic E-state index is 12.0. The van der Waals surface area contributed by atoms with Crippen LogP contribution in [0.3, 0.4) is 0 Å². The van der Waals surface area contributed by atoms with Crippen LogP contribution in [0.2, 0.25) is 0 Å². The molecule has 0 radical (unpaired) electrons. The van der Waals surface area contributed by atoms with Gasteiger partial charge >= 0.3 is 6.09 Å². The van der Waals surface area contributed by atoms with Crippen molar-refractivity contribution in [2.75, 3.05) is 20.3 Å². The van der Waals surface area contributed by atoms with E-state index in [0.29, 0.717) is 26.0 Å². The summed E-state index contributed by atoms with van der Waals surface area (Å²) in [4.78, 5) is 23.8. The zero-order chi connectivity index (χ0) is 13.8. The van der Waals surface area contributed by atoms with E-state index in [-0.39, 0.29) is 5.92 Å². The zero-order valence-electron chi connectivity index (χ0n) is 11.3. The first-order valence-electron chi connectivity index (χ1n) is 5.95. The van der Waals surface area contributed by atoms with Crippen LogP contribution in [0.4, 0.5) is 4.79 Å². The fraction of sp³-hybridized carbons (Fsp3) is 0.833. The average Bonchev–Trinajstić information content (AvgIpc) is 2.60. The molecule has 1 saturated heterocycles. The van der Waals surface area contributed by atoms with Gasteiger partial charge in [0.15, 0.2) is 6.23 Å². The van der Waals surface area contributed by atoms with E-state index in [4.69, 9.17) is 14.2 Å². The van der Waals surface area contributed by atoms with Crippen molar-refractivity contribution < 1.29 is 23.8 Å². The van der Waals surface area contributed by atoms with Crippen molar-refractivity contribution in [2.45, 2.75) is 39.0 Å². The molecule has 0 aromatic carbocycles. The Morgan fingerprint density at radius 1 is 1.44 bits per heavy atom. The smallest absolute Gasteiger partial charge is 0.413 e. The van der Waals surface area contributed by atoms with Crippen molar-refractivity contribution >= 4 is 12.6 Å². The summed E-state index contributed by atoms with van der Waals surface area (Å²) in [5, 5.41) is 0. The Labute approximate surface area is 107 Å². The summed E-state index contributed by atoms with van der Waals surface area (Å²) < 4.78 is 15.3. The van der Waals surface area contributed by atoms with Gasteiger partial charge in [0.2, 0.25) is 0 Å². The highest BCUT2D eigenvalue weighted by Gasteiger charge is 2.38. The van der Waals surface area contributed by atoms with Crippen LogP contribution in [-0.4, -0.2) is 49.6 Å². The summed E-state index contributed by atoms with van der Waals surface area (Å²) in [6, 6.07) is 0. The highest BCUT2D eigenvalue weighted by Crippen LogP contribution is 2.26. The highest BCUT2D eigenvalue weighted by molar-refractivity contribution is 5.69. The molecular formula is C12H21NO5. The van der Waals surface area contributed by atoms with Crippen molar-refractivity contribution in [3.63, 3.8) is 0 Å². The number of ether oxygens (including phenoxy) is 3. The Morgan fingerprint density at radius 3 is 2.61 bits per heavy atom. The summed E-state index contributed by atoms with van der Waals surface area (Å²) in [5.41, 5.74) is -0.567. The van der Waals surface area contributed by atoms with Crippen LogP contribution in [0.15, 0.2) is 0 Å². The second kappa shape index (κ2) is 6.04. The van der Waals surface area contributed by atoms with Gasteiger partial charge in [0.05, 0.1) is 6.61 Å². The van der Waals surface area contributed by atoms with Crippen LogP contribution >= 0.6 is 0 Å². The number of hydrogen-bond acceptors (Lipinski definition) is 5. The van der Waals surface area contributed by atoms with Gasteiger partial charge in [0.1, 0.15) is 5.60 Å². The Kier molecular flexibility index (Phi) is 4.95. The summed E-state index contributed by atoms with van der Waals surface area (Å²) in [6.07, 6.45) is -0.448. The molecule has 18 heavy (non-hydrogen) atoms. The molecule has 2 atom stereocenters. The van der Waals surface area contributed by atoms with Crippen LogP contribution in [0.1, 0.15) is 27.2 Å². The molecule has 1 heterocycles. The fourth-order valence-electron chi connectivity index (χ4n) is 1.94. The van der Waals surface area contributed by atoms with Crippen molar-refractivity contribution in [1.29, 1.82) is 0 Å². The third-order valence-corrected chi connectivity index (χ3v) is 2.58. The molecule has 0 aliphatic carbocycles. The number of nitrogens with zero attached hydrogens (tertiary/aromatic N) is 1. The summed E-state index contributed by atoms with van der Waals surface area (Å²) in [7, 11) is 1.60. The normalized spacial score (nSPS) is 23.9. The van der Waals surface area contributed by atoms with Gasteiger partial charge in [0.25, 0.3) is 6.47 Å². The Morgan fingerprint density at radius 2 is 2.11 bits per heavy atom. The summed E-state index contributed by atoms with van der Waals surface area (Å²) >= 11 is 0. The molecule has 0 aromatic heterocycles. The molecule has 1 aliphatic rings. The monoisotopic (exact) mass is 259 g/mol. The lowest BCUT2D eigenvalue weighted by atomic mass is 10.1. The quantitative estimate of drug-likeness (QED) is 0.714. The number of carbonyl (C=O) groups excluding carboxylic acids is 2. The van der Waals surface area contributed by atoms with Crippen LogP contribution in [0, 0.1) is 5.92 Å². The SMILES string of the molecule is COC[C@H]1C[C@@H](OC=O)N(C(=O)OC(C)(C)C)C1. The standard InChI is InChI=1S/C12H21NO5/c1-12(2,3)18-11(15)13-6-9(7-16-4)5-10(13)17-8-14/h8-10H,5-7H2,1-4H3/t9-,10+/m0/s1. The van der Waals surface area contributed by atoms with Crippen LogP contribution in [-0.2, 0) is 19.0 Å². The van der Waals surface area contributed by atoms with Gasteiger partial charge in [-0.3, -0.25) is 9.69 Å². The minimum absolute atomic E-state index is 0.160. The lowest BCUT2D eigenvalue weighted by molar-refractivity contribution is -0.139. The third kappa shape index (κ3) is 4.18. The maximum absolute atomic E-state index is 12.0. The van der Waals surface area contributed by atoms with Crippen LogP contribution < -0.4 is 0 Å². The summed E-state index contributed by atoms with van der Waals surface area (Å²) in [5.74, 6) is 0.160. The van der Waals surface area contributed by atoms with Crippen molar-refractivity contribution in [1.82, 2.24) is 4.90 Å². The Bertz CT molecular complexity index is 299. The molecule has 6 nitrogen and oxygen atoms in total. The largest absolute Gasteiger partial charge is 0.444 e. The number of carbonyl (C=O) groups is 2. The minimum Gasteiger partial charge on any atom is -0.444 e. The van der Waals surface area contributed by atoms with E-state index in [1.54, 1.807) is 27.9 Å². The van der Waals surface area contributed by atoms with Gasteiger partial charge in [0, 0.05) is 26.0 Å². The van der Waals surface area contributed by atoms with E-state index >= 15 is 0 Å². The van der Waals surface area contributed by atoms with Gasteiger partial charge < -0.3 is 14.2 Å². The molecule has 1 aliphatic heterocycles. The zero-order valence-corrected chi connectivity index (χ0v) is 11.3. The molecule has 0 saturated carbocycles. The number of hydrogen-bond donors (Lipinski definition) is 0. The van der Waals surface area contributed by atoms with Gasteiger partial charge in [-0.15, -0.1) is 0 Å². The number of likely N-dealkylation sites (tertiary alicyclic amines) is 1. The first kappa shape index (κ1) is 14.8. The van der Waals surface area contributed by atoms with Gasteiger partial charge in [-0.1, -0.05) is 0 Å². The maximum Gasteiger partial charge on any atom is 0.413 e. The Hall–Kier alpha value is -1.30. The van der Waals surface area contributed by atoms with Crippen molar-refractivity contribution in [3.05, 3.63) is 0 Å². The molecule has 0 bridgehead atoms. The lowest BCUT2D eigenvalue weighted by Gasteiger charge is -2.27. The van der Waals surface area contributed by atoms with E-state index in [0.717, 1.165) is 0 Å². The minimum atomic E-state index is -0.567. The molecule has 1 rings (SSSR count). The topological polar surface area (TPSA) is 65.1 Å². The van der Waals surface area contributed by atoms with E-state index in [1.807, 2.05) is 0 Å². The average molecular weight is 259 g/mol. The fourth-order valence-corrected chi connectivity index (χ4v) is 1.94. The first-order valence-corrected chi connectivity index (χ1v) is 5.95. The number of methoxy groups -OCH3 is 1. The highest BCUT2D eigenvalue weighted by atomic mass is 16.6. The molecule has 0 unspecified atom stereocenters. The number of rotatable bonds is 4. The molecule has 0 aromatic rings. The van der Waals surface area contributed by atoms with Gasteiger partial charge in [-0.2, -0.15) is 0 Å². The predicted octanol–water partition coefficient (Wildman–Crippen LogP) is 1.39. The van der Waals surface area contributed by atoms with Crippen molar-refractivity contribution in [3.8, 4) is 0 Å². The third-order valence-electron chi connectivity index (χ3n) is 2.58. The first-order chi connectivity index (χ1) is 8.37. The van der Waals surface area contributed by atoms with E-state index in [1.165, 1.54) is 4.90 Å². The second-order valence-electron chi connectivity index (χ2n) is 5.38. The molecular weight excluding hydrogens is 238 g/mol. The van der Waals surface area contributed by atoms with Crippen molar-refractivity contribution in [2.24, 2.45) is 5.92 Å². The van der Waals surface area contributed by atoms with Crippen LogP contribution in [0.5, 0.6) is 0 Å². The molecule has 6 heteroatoms. The van der Waals surface area contributed by atoms with Crippen LogP contribution in [0.25, 0.3) is 0 Å². The molecule has 104 valence electrons. The second-order valence-corrected chi connectivity index (χ2v) is 5.38. The molecule has 0 N–H and O–H groups in total. The van der Waals surface area contributed by atoms with Gasteiger partial charge in [-0.25, -0.2) is 4.79 Å². The molecule has 0 spiro atoms. The predicted molar refractivity (Wildman–Crippen MR) is 63.9 cm³/mol. The molecule has 1 amide bonds. The van der Waals surface area contributed by atoms with E-state index in [9.17, 15) is 9.59 Å². The summed E-state index contributed by atoms with van der Waals surface area (Å²) in [6.45, 7) is 6.74.